The van der Waals surface area contributed by atoms with Crippen molar-refractivity contribution < 1.29 is 12.8 Å². The van der Waals surface area contributed by atoms with Crippen molar-refractivity contribution in [1.82, 2.24) is 4.72 Å². The summed E-state index contributed by atoms with van der Waals surface area (Å²) in [7, 11) is -3.85. The van der Waals surface area contributed by atoms with Crippen LogP contribution in [0.15, 0.2) is 51.8 Å². The molecule has 0 aliphatic rings. The fourth-order valence-corrected chi connectivity index (χ4v) is 3.75. The Morgan fingerprint density at radius 2 is 1.86 bits per heavy atom. The number of anilines is 1. The van der Waals surface area contributed by atoms with Crippen LogP contribution in [0, 0.1) is 5.82 Å². The molecule has 0 spiro atoms. The molecule has 0 aromatic heterocycles. The van der Waals surface area contributed by atoms with Crippen LogP contribution in [0.4, 0.5) is 10.1 Å². The highest BCUT2D eigenvalue weighted by atomic mass is 79.9. The van der Waals surface area contributed by atoms with Gasteiger partial charge in [-0.3, -0.25) is 0 Å². The monoisotopic (exact) mass is 372 g/mol. The molecule has 21 heavy (non-hydrogen) atoms. The van der Waals surface area contributed by atoms with Gasteiger partial charge in [-0.15, -0.1) is 0 Å². The molecule has 0 aliphatic carbocycles. The molecule has 4 nitrogen and oxygen atoms in total. The number of nitrogens with two attached hydrogens (primary N) is 1. The number of nitrogen functional groups attached to an aromatic ring is 1. The van der Waals surface area contributed by atoms with Crippen molar-refractivity contribution in [2.24, 2.45) is 0 Å². The molecule has 2 aromatic carbocycles. The Morgan fingerprint density at radius 1 is 1.24 bits per heavy atom. The van der Waals surface area contributed by atoms with Gasteiger partial charge in [0.25, 0.3) is 0 Å². The van der Waals surface area contributed by atoms with Gasteiger partial charge in [0, 0.05) is 6.04 Å². The van der Waals surface area contributed by atoms with Crippen LogP contribution >= 0.6 is 15.9 Å². The standard InChI is InChI=1S/C14H14BrFN2O2S/c1-9(10-5-3-2-4-6-10)18-21(19,20)14-7-11(15)12(16)8-13(14)17/h2-9,18H,17H2,1H3/t9-/m0/s1. The maximum atomic E-state index is 13.3. The molecular weight excluding hydrogens is 359 g/mol. The van der Waals surface area contributed by atoms with Gasteiger partial charge in [0.2, 0.25) is 10.0 Å². The Kier molecular flexibility index (Phi) is 4.65. The third-order valence-electron chi connectivity index (χ3n) is 2.97. The summed E-state index contributed by atoms with van der Waals surface area (Å²) in [5.41, 5.74) is 6.30. The molecule has 0 saturated carbocycles. The summed E-state index contributed by atoms with van der Waals surface area (Å²) in [6.45, 7) is 1.72. The quantitative estimate of drug-likeness (QED) is 0.809. The van der Waals surface area contributed by atoms with Gasteiger partial charge in [-0.25, -0.2) is 17.5 Å². The van der Waals surface area contributed by atoms with E-state index in [2.05, 4.69) is 20.7 Å². The summed E-state index contributed by atoms with van der Waals surface area (Å²) >= 11 is 2.96. The molecule has 2 aromatic rings. The van der Waals surface area contributed by atoms with Crippen LogP contribution in [0.25, 0.3) is 0 Å². The van der Waals surface area contributed by atoms with Gasteiger partial charge in [0.15, 0.2) is 0 Å². The lowest BCUT2D eigenvalue weighted by Gasteiger charge is -2.16. The summed E-state index contributed by atoms with van der Waals surface area (Å²) in [6.07, 6.45) is 0. The van der Waals surface area contributed by atoms with E-state index in [1.807, 2.05) is 30.3 Å². The topological polar surface area (TPSA) is 72.2 Å². The van der Waals surface area contributed by atoms with E-state index in [9.17, 15) is 12.8 Å². The minimum atomic E-state index is -3.85. The van der Waals surface area contributed by atoms with Crippen LogP contribution in [0.3, 0.4) is 0 Å². The highest BCUT2D eigenvalue weighted by Gasteiger charge is 2.22. The molecule has 0 bridgehead atoms. The smallest absolute Gasteiger partial charge is 0.243 e. The first-order valence-corrected chi connectivity index (χ1v) is 8.40. The molecule has 7 heteroatoms. The van der Waals surface area contributed by atoms with Crippen molar-refractivity contribution in [3.05, 3.63) is 58.3 Å². The molecule has 0 aliphatic heterocycles. The van der Waals surface area contributed by atoms with Crippen molar-refractivity contribution >= 4 is 31.6 Å². The van der Waals surface area contributed by atoms with E-state index in [4.69, 9.17) is 5.73 Å². The van der Waals surface area contributed by atoms with Crippen molar-refractivity contribution in [3.8, 4) is 0 Å². The van der Waals surface area contributed by atoms with E-state index in [0.29, 0.717) is 0 Å². The summed E-state index contributed by atoms with van der Waals surface area (Å²) in [4.78, 5) is -0.154. The zero-order valence-corrected chi connectivity index (χ0v) is 13.6. The normalized spacial score (nSPS) is 13.1. The second kappa shape index (κ2) is 6.13. The minimum absolute atomic E-state index is 0.0458. The highest BCUT2D eigenvalue weighted by molar-refractivity contribution is 9.10. The average molecular weight is 373 g/mol. The molecule has 0 fully saturated rings. The second-order valence-corrected chi connectivity index (χ2v) is 7.09. The average Bonchev–Trinajstić information content (AvgIpc) is 2.43. The van der Waals surface area contributed by atoms with E-state index >= 15 is 0 Å². The summed E-state index contributed by atoms with van der Waals surface area (Å²) in [6, 6.07) is 10.8. The van der Waals surface area contributed by atoms with E-state index in [1.54, 1.807) is 6.92 Å². The van der Waals surface area contributed by atoms with Crippen LogP contribution in [-0.2, 0) is 10.0 Å². The largest absolute Gasteiger partial charge is 0.398 e. The van der Waals surface area contributed by atoms with Crippen LogP contribution < -0.4 is 10.5 Å². The Hall–Kier alpha value is -1.44. The lowest BCUT2D eigenvalue weighted by molar-refractivity contribution is 0.566. The number of hydrogen-bond acceptors (Lipinski definition) is 3. The minimum Gasteiger partial charge on any atom is -0.398 e. The fourth-order valence-electron chi connectivity index (χ4n) is 1.88. The molecule has 0 heterocycles. The van der Waals surface area contributed by atoms with Crippen LogP contribution in [0.1, 0.15) is 18.5 Å². The summed E-state index contributed by atoms with van der Waals surface area (Å²) < 4.78 is 40.6. The molecule has 0 saturated heterocycles. The molecule has 0 amide bonds. The number of rotatable bonds is 4. The third kappa shape index (κ3) is 3.61. The number of benzene rings is 2. The number of sulfonamides is 1. The van der Waals surface area contributed by atoms with E-state index in [1.165, 1.54) is 0 Å². The molecule has 2 rings (SSSR count). The van der Waals surface area contributed by atoms with Gasteiger partial charge in [-0.1, -0.05) is 30.3 Å². The molecule has 0 radical (unpaired) electrons. The lowest BCUT2D eigenvalue weighted by Crippen LogP contribution is -2.27. The van der Waals surface area contributed by atoms with E-state index < -0.39 is 21.9 Å². The van der Waals surface area contributed by atoms with E-state index in [-0.39, 0.29) is 15.1 Å². The maximum absolute atomic E-state index is 13.3. The Bertz CT molecular complexity index is 751. The Labute approximate surface area is 131 Å². The van der Waals surface area contributed by atoms with Gasteiger partial charge >= 0.3 is 0 Å². The van der Waals surface area contributed by atoms with E-state index in [0.717, 1.165) is 17.7 Å². The molecular formula is C14H14BrFN2O2S. The van der Waals surface area contributed by atoms with Gasteiger partial charge in [-0.2, -0.15) is 0 Å². The van der Waals surface area contributed by atoms with Gasteiger partial charge < -0.3 is 5.73 Å². The zero-order chi connectivity index (χ0) is 15.6. The predicted molar refractivity (Wildman–Crippen MR) is 83.7 cm³/mol. The zero-order valence-electron chi connectivity index (χ0n) is 11.2. The molecule has 3 N–H and O–H groups in total. The molecule has 0 unspecified atom stereocenters. The number of nitrogens with one attached hydrogen (secondary N) is 1. The van der Waals surface area contributed by atoms with Gasteiger partial charge in [0.05, 0.1) is 10.2 Å². The number of halogens is 2. The summed E-state index contributed by atoms with van der Waals surface area (Å²) in [5, 5.41) is 0. The van der Waals surface area contributed by atoms with Crippen molar-refractivity contribution in [2.45, 2.75) is 17.9 Å². The first-order valence-electron chi connectivity index (χ1n) is 6.13. The van der Waals surface area contributed by atoms with Crippen LogP contribution in [0.5, 0.6) is 0 Å². The Balaban J connectivity index is 2.33. The first kappa shape index (κ1) is 15.9. The molecule has 112 valence electrons. The van der Waals surface area contributed by atoms with Crippen LogP contribution in [-0.4, -0.2) is 8.42 Å². The first-order chi connectivity index (χ1) is 9.81. The van der Waals surface area contributed by atoms with Gasteiger partial charge in [-0.05, 0) is 40.5 Å². The predicted octanol–water partition coefficient (Wildman–Crippen LogP) is 3.21. The highest BCUT2D eigenvalue weighted by Crippen LogP contribution is 2.27. The maximum Gasteiger partial charge on any atom is 0.243 e. The summed E-state index contributed by atoms with van der Waals surface area (Å²) in [5.74, 6) is -0.609. The van der Waals surface area contributed by atoms with Crippen LogP contribution in [0.2, 0.25) is 0 Å². The SMILES string of the molecule is C[C@H](NS(=O)(=O)c1cc(Br)c(F)cc1N)c1ccccc1. The number of hydrogen-bond donors (Lipinski definition) is 2. The lowest BCUT2D eigenvalue weighted by atomic mass is 10.1. The second-order valence-electron chi connectivity index (χ2n) is 4.56. The van der Waals surface area contributed by atoms with Gasteiger partial charge in [0.1, 0.15) is 10.7 Å². The van der Waals surface area contributed by atoms with Crippen molar-refractivity contribution in [2.75, 3.05) is 5.73 Å². The Morgan fingerprint density at radius 3 is 2.48 bits per heavy atom. The fraction of sp³-hybridized carbons (Fsp3) is 0.143. The van der Waals surface area contributed by atoms with Crippen molar-refractivity contribution in [1.29, 1.82) is 0 Å². The third-order valence-corrected chi connectivity index (χ3v) is 5.18. The molecule has 1 atom stereocenters. The van der Waals surface area contributed by atoms with Crippen molar-refractivity contribution in [3.63, 3.8) is 0 Å².